The summed E-state index contributed by atoms with van der Waals surface area (Å²) in [7, 11) is 0. The van der Waals surface area contributed by atoms with Crippen molar-refractivity contribution in [2.45, 2.75) is 24.6 Å². The molecule has 1 N–H and O–H groups in total. The Balaban J connectivity index is 3.08. The van der Waals surface area contributed by atoms with Gasteiger partial charge in [0.15, 0.2) is 0 Å². The maximum absolute atomic E-state index is 11.1. The molecule has 0 aromatic heterocycles. The van der Waals surface area contributed by atoms with Crippen molar-refractivity contribution in [3.8, 4) is 0 Å². The molecule has 0 aliphatic heterocycles. The van der Waals surface area contributed by atoms with Gasteiger partial charge in [-0.15, -0.1) is 0 Å². The molecule has 1 aromatic rings. The molecule has 0 fully saturated rings. The Morgan fingerprint density at radius 1 is 1.50 bits per heavy atom. The molecule has 0 heterocycles. The first kappa shape index (κ1) is 13.8. The van der Waals surface area contributed by atoms with Gasteiger partial charge in [0.05, 0.1) is 15.6 Å². The van der Waals surface area contributed by atoms with Crippen LogP contribution in [0, 0.1) is 0 Å². The van der Waals surface area contributed by atoms with Crippen LogP contribution in [-0.4, -0.2) is 15.9 Å². The molecule has 0 bridgehead atoms. The second-order valence-corrected chi connectivity index (χ2v) is 5.87. The van der Waals surface area contributed by atoms with E-state index in [1.807, 2.05) is 6.92 Å². The number of carboxylic acids is 1. The van der Waals surface area contributed by atoms with Crippen molar-refractivity contribution in [1.29, 1.82) is 0 Å². The van der Waals surface area contributed by atoms with Crippen molar-refractivity contribution in [1.82, 2.24) is 0 Å². The summed E-state index contributed by atoms with van der Waals surface area (Å²) in [5, 5.41) is 9.47. The van der Waals surface area contributed by atoms with Crippen LogP contribution in [0.4, 0.5) is 0 Å². The van der Waals surface area contributed by atoms with Crippen LogP contribution in [0.3, 0.4) is 0 Å². The van der Waals surface area contributed by atoms with Gasteiger partial charge in [0, 0.05) is 4.83 Å². The van der Waals surface area contributed by atoms with Gasteiger partial charge in [-0.2, -0.15) is 0 Å². The van der Waals surface area contributed by atoms with Crippen molar-refractivity contribution in [2.75, 3.05) is 0 Å². The largest absolute Gasteiger partial charge is 0.478 e. The fourth-order valence-corrected chi connectivity index (χ4v) is 2.04. The fraction of sp³-hybridized carbons (Fsp3) is 0.364. The number of alkyl halides is 1. The van der Waals surface area contributed by atoms with E-state index >= 15 is 0 Å². The van der Waals surface area contributed by atoms with E-state index in [-0.39, 0.29) is 15.6 Å². The highest BCUT2D eigenvalue weighted by molar-refractivity contribution is 9.09. The third-order valence-corrected chi connectivity index (χ3v) is 3.47. The summed E-state index contributed by atoms with van der Waals surface area (Å²) in [6.07, 6.45) is 1.50. The minimum atomic E-state index is -1.04. The molecule has 0 spiro atoms. The van der Waals surface area contributed by atoms with Gasteiger partial charge in [0.1, 0.15) is 0 Å². The quantitative estimate of drug-likeness (QED) is 0.833. The lowest BCUT2D eigenvalue weighted by Gasteiger charge is -2.10. The van der Waals surface area contributed by atoms with Crippen LogP contribution in [0.2, 0.25) is 10.0 Å². The van der Waals surface area contributed by atoms with E-state index in [0.29, 0.717) is 16.8 Å². The fourth-order valence-electron chi connectivity index (χ4n) is 1.38. The number of halogens is 3. The van der Waals surface area contributed by atoms with E-state index in [0.717, 1.165) is 6.42 Å². The topological polar surface area (TPSA) is 37.3 Å². The van der Waals surface area contributed by atoms with Crippen LogP contribution in [-0.2, 0) is 6.42 Å². The average Bonchev–Trinajstić information content (AvgIpc) is 2.19. The summed E-state index contributed by atoms with van der Waals surface area (Å²) in [6.45, 7) is 2.01. The third kappa shape index (κ3) is 3.37. The zero-order chi connectivity index (χ0) is 12.3. The number of carbonyl (C=O) groups is 1. The average molecular weight is 326 g/mol. The first-order valence-corrected chi connectivity index (χ1v) is 6.45. The zero-order valence-corrected chi connectivity index (χ0v) is 11.7. The monoisotopic (exact) mass is 324 g/mol. The SMILES string of the molecule is CC(Br)CCc1ccc(Cl)c(Cl)c1C(=O)O. The van der Waals surface area contributed by atoms with Crippen LogP contribution in [0.15, 0.2) is 12.1 Å². The molecule has 0 aliphatic rings. The van der Waals surface area contributed by atoms with E-state index in [4.69, 9.17) is 28.3 Å². The number of rotatable bonds is 4. The smallest absolute Gasteiger partial charge is 0.337 e. The molecule has 0 saturated carbocycles. The number of carboxylic acid groups (broad SMARTS) is 1. The number of benzene rings is 1. The zero-order valence-electron chi connectivity index (χ0n) is 8.64. The molecule has 88 valence electrons. The van der Waals surface area contributed by atoms with E-state index < -0.39 is 5.97 Å². The first-order valence-electron chi connectivity index (χ1n) is 4.77. The van der Waals surface area contributed by atoms with Crippen molar-refractivity contribution in [2.24, 2.45) is 0 Å². The Bertz CT molecular complexity index is 405. The first-order chi connectivity index (χ1) is 7.43. The van der Waals surface area contributed by atoms with Crippen LogP contribution >= 0.6 is 39.1 Å². The van der Waals surface area contributed by atoms with Gasteiger partial charge in [0.25, 0.3) is 0 Å². The highest BCUT2D eigenvalue weighted by Crippen LogP contribution is 2.29. The number of hydrogen-bond donors (Lipinski definition) is 1. The Morgan fingerprint density at radius 2 is 2.12 bits per heavy atom. The predicted molar refractivity (Wildman–Crippen MR) is 70.1 cm³/mol. The highest BCUT2D eigenvalue weighted by Gasteiger charge is 2.17. The van der Waals surface area contributed by atoms with Crippen molar-refractivity contribution < 1.29 is 9.90 Å². The number of hydrogen-bond acceptors (Lipinski definition) is 1. The molecule has 0 saturated heterocycles. The lowest BCUT2D eigenvalue weighted by Crippen LogP contribution is -2.05. The van der Waals surface area contributed by atoms with Crippen molar-refractivity contribution in [3.05, 3.63) is 33.3 Å². The van der Waals surface area contributed by atoms with Gasteiger partial charge in [-0.25, -0.2) is 4.79 Å². The van der Waals surface area contributed by atoms with Crippen LogP contribution in [0.5, 0.6) is 0 Å². The van der Waals surface area contributed by atoms with E-state index in [9.17, 15) is 4.79 Å². The molecule has 5 heteroatoms. The molecule has 0 amide bonds. The molecule has 0 aliphatic carbocycles. The molecular formula is C11H11BrCl2O2. The van der Waals surface area contributed by atoms with Gasteiger partial charge in [0.2, 0.25) is 0 Å². The molecular weight excluding hydrogens is 315 g/mol. The molecule has 2 nitrogen and oxygen atoms in total. The van der Waals surface area contributed by atoms with Crippen molar-refractivity contribution in [3.63, 3.8) is 0 Å². The third-order valence-electron chi connectivity index (χ3n) is 2.21. The Morgan fingerprint density at radius 3 is 2.62 bits per heavy atom. The van der Waals surface area contributed by atoms with Crippen LogP contribution < -0.4 is 0 Å². The summed E-state index contributed by atoms with van der Waals surface area (Å²) in [5.41, 5.74) is 0.829. The predicted octanol–water partition coefficient (Wildman–Crippen LogP) is 4.41. The second kappa shape index (κ2) is 5.89. The Hall–Kier alpha value is -0.250. The molecule has 0 radical (unpaired) electrons. The summed E-state index contributed by atoms with van der Waals surface area (Å²) in [5.74, 6) is -1.04. The summed E-state index contributed by atoms with van der Waals surface area (Å²) >= 11 is 15.1. The van der Waals surface area contributed by atoms with E-state index in [1.165, 1.54) is 0 Å². The minimum absolute atomic E-state index is 0.113. The van der Waals surface area contributed by atoms with Gasteiger partial charge in [-0.05, 0) is 24.5 Å². The maximum Gasteiger partial charge on any atom is 0.337 e. The lowest BCUT2D eigenvalue weighted by atomic mass is 10.0. The maximum atomic E-state index is 11.1. The van der Waals surface area contributed by atoms with E-state index in [2.05, 4.69) is 15.9 Å². The lowest BCUT2D eigenvalue weighted by molar-refractivity contribution is 0.0696. The summed E-state index contributed by atoms with van der Waals surface area (Å²) in [6, 6.07) is 3.34. The van der Waals surface area contributed by atoms with Crippen molar-refractivity contribution >= 4 is 45.1 Å². The van der Waals surface area contributed by atoms with Gasteiger partial charge >= 0.3 is 5.97 Å². The van der Waals surface area contributed by atoms with Gasteiger partial charge in [-0.1, -0.05) is 52.1 Å². The molecule has 1 unspecified atom stereocenters. The molecule has 1 rings (SSSR count). The van der Waals surface area contributed by atoms with Gasteiger partial charge in [-0.3, -0.25) is 0 Å². The van der Waals surface area contributed by atoms with E-state index in [1.54, 1.807) is 12.1 Å². The van der Waals surface area contributed by atoms with Gasteiger partial charge < -0.3 is 5.11 Å². The normalized spacial score (nSPS) is 12.5. The summed E-state index contributed by atoms with van der Waals surface area (Å²) in [4.78, 5) is 11.4. The molecule has 1 aromatic carbocycles. The summed E-state index contributed by atoms with van der Waals surface area (Å²) < 4.78 is 0. The standard InChI is InChI=1S/C11H11BrCl2O2/c1-6(12)2-3-7-4-5-8(13)10(14)9(7)11(15)16/h4-6H,2-3H2,1H3,(H,15,16). The van der Waals surface area contributed by atoms with Crippen LogP contribution in [0.25, 0.3) is 0 Å². The Labute approximate surface area is 113 Å². The minimum Gasteiger partial charge on any atom is -0.478 e. The molecule has 16 heavy (non-hydrogen) atoms. The molecule has 1 atom stereocenters. The number of aromatic carboxylic acids is 1. The van der Waals surface area contributed by atoms with Crippen LogP contribution in [0.1, 0.15) is 29.3 Å². The number of aryl methyl sites for hydroxylation is 1. The second-order valence-electron chi connectivity index (χ2n) is 3.52. The highest BCUT2D eigenvalue weighted by atomic mass is 79.9. The Kier molecular flexibility index (Phi) is 5.09.